The van der Waals surface area contributed by atoms with E-state index in [0.717, 1.165) is 68.8 Å². The summed E-state index contributed by atoms with van der Waals surface area (Å²) >= 11 is 0. The van der Waals surface area contributed by atoms with E-state index in [1.54, 1.807) is 0 Å². The molecular formula is C23H30N6O3. The van der Waals surface area contributed by atoms with Gasteiger partial charge in [-0.05, 0) is 38.7 Å². The summed E-state index contributed by atoms with van der Waals surface area (Å²) in [7, 11) is 0. The molecule has 32 heavy (non-hydrogen) atoms. The van der Waals surface area contributed by atoms with Crippen molar-refractivity contribution < 1.29 is 14.6 Å². The first-order chi connectivity index (χ1) is 15.7. The topological polar surface area (TPSA) is 98.7 Å². The zero-order chi connectivity index (χ0) is 21.7. The number of ether oxygens (including phenoxy) is 2. The Morgan fingerprint density at radius 1 is 1.09 bits per heavy atom. The molecule has 1 atom stereocenters. The standard InChI is InChI=1S/C23H30N6O3/c1-14(17-10-31-11-17)26-23-24-8-22-20(16-7-25-28(9-16)18-12-32-13-18)6-21(29(22)27-23)15-2-4-19(30)5-3-15/h6-9,14-15,17-19,30H,2-5,10-13H2,1H3,(H,26,27)/t14-,15-,19-/m0/s1. The number of fused-ring (bicyclic) bond motifs is 1. The molecule has 0 aromatic carbocycles. The van der Waals surface area contributed by atoms with E-state index in [1.807, 2.05) is 17.1 Å². The van der Waals surface area contributed by atoms with Crippen molar-refractivity contribution >= 4 is 11.5 Å². The molecule has 3 aromatic heterocycles. The van der Waals surface area contributed by atoms with Gasteiger partial charge in [0.05, 0.1) is 56.5 Å². The Hall–Kier alpha value is -2.49. The fraction of sp³-hybridized carbons (Fsp3) is 0.609. The van der Waals surface area contributed by atoms with Crippen LogP contribution < -0.4 is 5.32 Å². The Morgan fingerprint density at radius 3 is 2.56 bits per heavy atom. The molecule has 5 heterocycles. The van der Waals surface area contributed by atoms with Crippen molar-refractivity contribution in [2.24, 2.45) is 5.92 Å². The molecule has 0 radical (unpaired) electrons. The average molecular weight is 439 g/mol. The Kier molecular flexibility index (Phi) is 5.12. The van der Waals surface area contributed by atoms with Crippen LogP contribution in [0.25, 0.3) is 16.6 Å². The maximum Gasteiger partial charge on any atom is 0.241 e. The quantitative estimate of drug-likeness (QED) is 0.610. The summed E-state index contributed by atoms with van der Waals surface area (Å²) in [6.45, 7) is 5.17. The number of nitrogens with one attached hydrogen (secondary N) is 1. The second-order valence-corrected chi connectivity index (χ2v) is 9.50. The maximum atomic E-state index is 10.0. The Bertz CT molecular complexity index is 1090. The largest absolute Gasteiger partial charge is 0.393 e. The normalized spacial score (nSPS) is 25.4. The van der Waals surface area contributed by atoms with E-state index < -0.39 is 0 Å². The summed E-state index contributed by atoms with van der Waals surface area (Å²) in [5, 5.41) is 23.0. The van der Waals surface area contributed by atoms with Crippen LogP contribution in [0.2, 0.25) is 0 Å². The lowest BCUT2D eigenvalue weighted by Crippen LogP contribution is -2.40. The molecule has 2 saturated heterocycles. The maximum absolute atomic E-state index is 10.0. The monoisotopic (exact) mass is 438 g/mol. The summed E-state index contributed by atoms with van der Waals surface area (Å²) in [5.41, 5.74) is 4.35. The lowest BCUT2D eigenvalue weighted by atomic mass is 9.85. The third kappa shape index (κ3) is 3.58. The first-order valence-corrected chi connectivity index (χ1v) is 11.7. The van der Waals surface area contributed by atoms with Crippen molar-refractivity contribution in [1.82, 2.24) is 24.4 Å². The molecule has 9 nitrogen and oxygen atoms in total. The first-order valence-electron chi connectivity index (χ1n) is 11.7. The van der Waals surface area contributed by atoms with Crippen LogP contribution in [0.15, 0.2) is 24.7 Å². The number of hydrogen-bond donors (Lipinski definition) is 2. The molecule has 0 spiro atoms. The van der Waals surface area contributed by atoms with Crippen LogP contribution in [0.3, 0.4) is 0 Å². The predicted octanol–water partition coefficient (Wildman–Crippen LogP) is 2.63. The Balaban J connectivity index is 1.37. The predicted molar refractivity (Wildman–Crippen MR) is 119 cm³/mol. The van der Waals surface area contributed by atoms with Gasteiger partial charge in [0.1, 0.15) is 0 Å². The molecule has 1 saturated carbocycles. The fourth-order valence-corrected chi connectivity index (χ4v) is 4.89. The zero-order valence-corrected chi connectivity index (χ0v) is 18.4. The number of aliphatic hydroxyl groups excluding tert-OH is 1. The third-order valence-corrected chi connectivity index (χ3v) is 7.29. The highest BCUT2D eigenvalue weighted by Gasteiger charge is 2.28. The van der Waals surface area contributed by atoms with E-state index >= 15 is 0 Å². The highest BCUT2D eigenvalue weighted by Crippen LogP contribution is 2.38. The smallest absolute Gasteiger partial charge is 0.241 e. The molecule has 0 amide bonds. The Labute approximate surface area is 186 Å². The van der Waals surface area contributed by atoms with E-state index in [0.29, 0.717) is 23.8 Å². The molecule has 2 N–H and O–H groups in total. The van der Waals surface area contributed by atoms with Crippen molar-refractivity contribution in [3.8, 4) is 11.1 Å². The molecule has 3 fully saturated rings. The summed E-state index contributed by atoms with van der Waals surface area (Å²) in [6, 6.07) is 2.83. The van der Waals surface area contributed by atoms with Gasteiger partial charge in [-0.1, -0.05) is 0 Å². The van der Waals surface area contributed by atoms with Crippen LogP contribution >= 0.6 is 0 Å². The van der Waals surface area contributed by atoms with E-state index in [1.165, 1.54) is 5.69 Å². The van der Waals surface area contributed by atoms with E-state index in [9.17, 15) is 5.11 Å². The van der Waals surface area contributed by atoms with Gasteiger partial charge in [0.25, 0.3) is 0 Å². The minimum atomic E-state index is -0.183. The first kappa shape index (κ1) is 20.1. The highest BCUT2D eigenvalue weighted by atomic mass is 16.5. The van der Waals surface area contributed by atoms with Crippen molar-refractivity contribution in [2.75, 3.05) is 31.7 Å². The minimum Gasteiger partial charge on any atom is -0.393 e. The molecule has 0 bridgehead atoms. The second kappa shape index (κ2) is 8.13. The van der Waals surface area contributed by atoms with Gasteiger partial charge in [0.15, 0.2) is 0 Å². The van der Waals surface area contributed by atoms with Crippen LogP contribution in [0.4, 0.5) is 5.95 Å². The highest BCUT2D eigenvalue weighted by molar-refractivity contribution is 5.81. The van der Waals surface area contributed by atoms with Crippen LogP contribution in [0, 0.1) is 5.92 Å². The summed E-state index contributed by atoms with van der Waals surface area (Å²) < 4.78 is 14.7. The average Bonchev–Trinajstić information content (AvgIpc) is 3.31. The summed E-state index contributed by atoms with van der Waals surface area (Å²) in [6.07, 6.45) is 9.36. The number of rotatable bonds is 6. The van der Waals surface area contributed by atoms with Gasteiger partial charge in [-0.3, -0.25) is 4.68 Å². The van der Waals surface area contributed by atoms with Crippen molar-refractivity contribution in [1.29, 1.82) is 0 Å². The summed E-state index contributed by atoms with van der Waals surface area (Å²) in [4.78, 5) is 4.64. The van der Waals surface area contributed by atoms with Gasteiger partial charge in [-0.15, -0.1) is 5.10 Å². The molecular weight excluding hydrogens is 408 g/mol. The van der Waals surface area contributed by atoms with Crippen molar-refractivity contribution in [3.63, 3.8) is 0 Å². The fourth-order valence-electron chi connectivity index (χ4n) is 4.89. The van der Waals surface area contributed by atoms with Crippen LogP contribution in [0.5, 0.6) is 0 Å². The van der Waals surface area contributed by atoms with Gasteiger partial charge in [-0.2, -0.15) is 5.10 Å². The number of nitrogens with zero attached hydrogens (tertiary/aromatic N) is 5. The lowest BCUT2D eigenvalue weighted by molar-refractivity contribution is -0.0380. The van der Waals surface area contributed by atoms with Crippen LogP contribution in [0.1, 0.15) is 50.3 Å². The lowest BCUT2D eigenvalue weighted by Gasteiger charge is -2.31. The van der Waals surface area contributed by atoms with Gasteiger partial charge in [0.2, 0.25) is 5.95 Å². The molecule has 1 aliphatic carbocycles. The molecule has 3 aliphatic rings. The van der Waals surface area contributed by atoms with Gasteiger partial charge < -0.3 is 19.9 Å². The van der Waals surface area contributed by atoms with E-state index in [-0.39, 0.29) is 12.1 Å². The Morgan fingerprint density at radius 2 is 1.88 bits per heavy atom. The van der Waals surface area contributed by atoms with Crippen LogP contribution in [-0.2, 0) is 9.47 Å². The van der Waals surface area contributed by atoms with Gasteiger partial charge >= 0.3 is 0 Å². The number of aliphatic hydroxyl groups is 1. The molecule has 2 aliphatic heterocycles. The van der Waals surface area contributed by atoms with Crippen molar-refractivity contribution in [2.45, 2.75) is 56.7 Å². The van der Waals surface area contributed by atoms with Crippen LogP contribution in [-0.4, -0.2) is 68.1 Å². The molecule has 0 unspecified atom stereocenters. The number of aromatic nitrogens is 5. The second-order valence-electron chi connectivity index (χ2n) is 9.50. The zero-order valence-electron chi connectivity index (χ0n) is 18.4. The molecule has 6 rings (SSSR count). The number of hydrogen-bond acceptors (Lipinski definition) is 7. The van der Waals surface area contributed by atoms with E-state index in [2.05, 4.69) is 39.1 Å². The SMILES string of the molecule is C[C@H](Nc1ncc2c(-c3cnn(C4COC4)c3)cc([C@H]3CC[C@H](O)CC3)n2n1)C1COC1. The van der Waals surface area contributed by atoms with Gasteiger partial charge in [0, 0.05) is 40.9 Å². The number of anilines is 1. The molecule has 3 aromatic rings. The minimum absolute atomic E-state index is 0.183. The van der Waals surface area contributed by atoms with Gasteiger partial charge in [-0.25, -0.2) is 9.50 Å². The summed E-state index contributed by atoms with van der Waals surface area (Å²) in [5.74, 6) is 1.50. The third-order valence-electron chi connectivity index (χ3n) is 7.29. The molecule has 9 heteroatoms. The van der Waals surface area contributed by atoms with Crippen molar-refractivity contribution in [3.05, 3.63) is 30.4 Å². The molecule has 170 valence electrons. The van der Waals surface area contributed by atoms with E-state index in [4.69, 9.17) is 14.6 Å².